The van der Waals surface area contributed by atoms with Crippen molar-refractivity contribution in [2.24, 2.45) is 0 Å². The first-order chi connectivity index (χ1) is 13.1. The van der Waals surface area contributed by atoms with E-state index in [-0.39, 0.29) is 17.5 Å². The number of likely N-dealkylation sites (tertiary alicyclic amines) is 1. The largest absolute Gasteiger partial charge is 0.490 e. The van der Waals surface area contributed by atoms with E-state index in [1.165, 1.54) is 6.07 Å². The zero-order valence-corrected chi connectivity index (χ0v) is 15.9. The Morgan fingerprint density at radius 3 is 2.56 bits per heavy atom. The maximum Gasteiger partial charge on any atom is 0.240 e. The van der Waals surface area contributed by atoms with E-state index in [2.05, 4.69) is 9.62 Å². The van der Waals surface area contributed by atoms with E-state index in [9.17, 15) is 8.42 Å². The summed E-state index contributed by atoms with van der Waals surface area (Å²) >= 11 is 0. The predicted octanol–water partition coefficient (Wildman–Crippen LogP) is 2.56. The Balaban J connectivity index is 1.51. The molecule has 0 radical (unpaired) electrons. The fourth-order valence-corrected chi connectivity index (χ4v) is 4.58. The van der Waals surface area contributed by atoms with Gasteiger partial charge in [-0.15, -0.1) is 0 Å². The quantitative estimate of drug-likeness (QED) is 0.814. The third kappa shape index (κ3) is 4.12. The first-order valence-corrected chi connectivity index (χ1v) is 10.8. The van der Waals surface area contributed by atoms with E-state index in [4.69, 9.17) is 13.9 Å². The van der Waals surface area contributed by atoms with E-state index in [0.717, 1.165) is 38.1 Å². The van der Waals surface area contributed by atoms with Gasteiger partial charge in [0.1, 0.15) is 5.76 Å². The van der Waals surface area contributed by atoms with Gasteiger partial charge in [-0.2, -0.15) is 0 Å². The van der Waals surface area contributed by atoms with Gasteiger partial charge < -0.3 is 13.9 Å². The second-order valence-corrected chi connectivity index (χ2v) is 8.55. The fourth-order valence-electron chi connectivity index (χ4n) is 3.53. The van der Waals surface area contributed by atoms with Crippen LogP contribution in [0.2, 0.25) is 0 Å². The van der Waals surface area contributed by atoms with Crippen molar-refractivity contribution >= 4 is 10.0 Å². The van der Waals surface area contributed by atoms with Crippen LogP contribution in [0.15, 0.2) is 45.9 Å². The lowest BCUT2D eigenvalue weighted by atomic mass is 10.2. The first kappa shape index (κ1) is 18.3. The van der Waals surface area contributed by atoms with Crippen LogP contribution < -0.4 is 14.2 Å². The van der Waals surface area contributed by atoms with Gasteiger partial charge in [-0.1, -0.05) is 0 Å². The van der Waals surface area contributed by atoms with Crippen LogP contribution in [-0.2, 0) is 10.0 Å². The van der Waals surface area contributed by atoms with Gasteiger partial charge in [0.05, 0.1) is 30.4 Å². The number of nitrogens with zero attached hydrogens (tertiary/aromatic N) is 1. The highest BCUT2D eigenvalue weighted by Crippen LogP contribution is 2.32. The minimum Gasteiger partial charge on any atom is -0.490 e. The molecular weight excluding hydrogens is 368 g/mol. The Hall–Kier alpha value is -2.03. The molecule has 1 atom stereocenters. The lowest BCUT2D eigenvalue weighted by Crippen LogP contribution is -2.36. The second kappa shape index (κ2) is 7.92. The number of rotatable bonds is 6. The van der Waals surface area contributed by atoms with E-state index in [0.29, 0.717) is 24.7 Å². The van der Waals surface area contributed by atoms with Crippen LogP contribution >= 0.6 is 0 Å². The third-order valence-electron chi connectivity index (χ3n) is 4.95. The van der Waals surface area contributed by atoms with Crippen molar-refractivity contribution in [3.8, 4) is 11.5 Å². The van der Waals surface area contributed by atoms with Crippen molar-refractivity contribution in [3.63, 3.8) is 0 Å². The van der Waals surface area contributed by atoms with Crippen LogP contribution in [0.5, 0.6) is 11.5 Å². The monoisotopic (exact) mass is 392 g/mol. The van der Waals surface area contributed by atoms with Gasteiger partial charge in [-0.25, -0.2) is 13.1 Å². The summed E-state index contributed by atoms with van der Waals surface area (Å²) < 4.78 is 45.1. The fraction of sp³-hybridized carbons (Fsp3) is 0.474. The highest BCUT2D eigenvalue weighted by atomic mass is 32.2. The molecule has 0 bridgehead atoms. The number of sulfonamides is 1. The predicted molar refractivity (Wildman–Crippen MR) is 99.5 cm³/mol. The van der Waals surface area contributed by atoms with Crippen LogP contribution in [0, 0.1) is 0 Å². The minimum atomic E-state index is -3.68. The Labute approximate surface area is 159 Å². The molecule has 1 saturated heterocycles. The lowest BCUT2D eigenvalue weighted by molar-refractivity contribution is 0.216. The smallest absolute Gasteiger partial charge is 0.240 e. The Morgan fingerprint density at radius 1 is 1.04 bits per heavy atom. The van der Waals surface area contributed by atoms with Gasteiger partial charge in [-0.3, -0.25) is 4.90 Å². The first-order valence-electron chi connectivity index (χ1n) is 9.30. The molecule has 3 heterocycles. The maximum atomic E-state index is 12.8. The number of hydrogen-bond acceptors (Lipinski definition) is 6. The summed E-state index contributed by atoms with van der Waals surface area (Å²) in [7, 11) is -3.68. The van der Waals surface area contributed by atoms with Crippen LogP contribution in [0.3, 0.4) is 0 Å². The Bertz CT molecular complexity index is 860. The molecule has 1 fully saturated rings. The number of nitrogens with one attached hydrogen (secondary N) is 1. The molecule has 2 aliphatic heterocycles. The molecule has 1 unspecified atom stereocenters. The van der Waals surface area contributed by atoms with Crippen LogP contribution in [0.1, 0.15) is 31.1 Å². The third-order valence-corrected chi connectivity index (χ3v) is 6.37. The summed E-state index contributed by atoms with van der Waals surface area (Å²) in [6.45, 7) is 3.22. The molecule has 8 heteroatoms. The summed E-state index contributed by atoms with van der Waals surface area (Å²) in [6, 6.07) is 8.34. The molecule has 4 rings (SSSR count). The molecule has 2 aromatic rings. The maximum absolute atomic E-state index is 12.8. The molecule has 0 spiro atoms. The van der Waals surface area contributed by atoms with Crippen molar-refractivity contribution in [1.29, 1.82) is 0 Å². The second-order valence-electron chi connectivity index (χ2n) is 6.79. The molecule has 0 amide bonds. The highest BCUT2D eigenvalue weighted by Gasteiger charge is 2.28. The van der Waals surface area contributed by atoms with Crippen molar-refractivity contribution in [2.75, 3.05) is 32.8 Å². The summed E-state index contributed by atoms with van der Waals surface area (Å²) in [5.74, 6) is 1.83. The van der Waals surface area contributed by atoms with Gasteiger partial charge in [0.25, 0.3) is 0 Å². The molecule has 0 saturated carbocycles. The topological polar surface area (TPSA) is 81.0 Å². The average Bonchev–Trinajstić information content (AvgIpc) is 3.33. The van der Waals surface area contributed by atoms with Crippen molar-refractivity contribution < 1.29 is 22.3 Å². The number of fused-ring (bicyclic) bond motifs is 1. The van der Waals surface area contributed by atoms with Gasteiger partial charge in [0, 0.05) is 19.0 Å². The lowest BCUT2D eigenvalue weighted by Gasteiger charge is -2.26. The normalized spacial score (nSPS) is 19.0. The standard InChI is InChI=1S/C19H24N2O5S/c22-27(23,15-6-7-18-19(13-15)26-12-4-11-25-18)20-14-16(17-5-3-10-24-17)21-8-1-2-9-21/h3,5-7,10,13,16,20H,1-2,4,8-9,11-12,14H2. The van der Waals surface area contributed by atoms with Crippen LogP contribution in [0.25, 0.3) is 0 Å². The van der Waals surface area contributed by atoms with E-state index in [1.807, 2.05) is 12.1 Å². The highest BCUT2D eigenvalue weighted by molar-refractivity contribution is 7.89. The number of ether oxygens (including phenoxy) is 2. The molecule has 2 aliphatic rings. The number of furan rings is 1. The molecule has 0 aliphatic carbocycles. The van der Waals surface area contributed by atoms with Crippen LogP contribution in [-0.4, -0.2) is 46.2 Å². The summed E-state index contributed by atoms with van der Waals surface area (Å²) in [5, 5.41) is 0. The molecule has 1 N–H and O–H groups in total. The van der Waals surface area contributed by atoms with Gasteiger partial charge >= 0.3 is 0 Å². The number of hydrogen-bond donors (Lipinski definition) is 1. The van der Waals surface area contributed by atoms with Gasteiger partial charge in [0.2, 0.25) is 10.0 Å². The van der Waals surface area contributed by atoms with Crippen molar-refractivity contribution in [3.05, 3.63) is 42.4 Å². The summed E-state index contributed by atoms with van der Waals surface area (Å²) in [6.07, 6.45) is 4.63. The van der Waals surface area contributed by atoms with Gasteiger partial charge in [-0.05, 0) is 50.2 Å². The van der Waals surface area contributed by atoms with Crippen molar-refractivity contribution in [1.82, 2.24) is 9.62 Å². The summed E-state index contributed by atoms with van der Waals surface area (Å²) in [4.78, 5) is 2.43. The molecule has 7 nitrogen and oxygen atoms in total. The molecule has 1 aromatic heterocycles. The number of benzene rings is 1. The SMILES string of the molecule is O=S(=O)(NCC(c1ccco1)N1CCCC1)c1ccc2c(c1)OCCCO2. The molecular formula is C19H24N2O5S. The minimum absolute atomic E-state index is 0.113. The summed E-state index contributed by atoms with van der Waals surface area (Å²) in [5.41, 5.74) is 0. The zero-order chi connectivity index (χ0) is 18.7. The van der Waals surface area contributed by atoms with Crippen molar-refractivity contribution in [2.45, 2.75) is 30.2 Å². The Morgan fingerprint density at radius 2 is 1.81 bits per heavy atom. The molecule has 27 heavy (non-hydrogen) atoms. The van der Waals surface area contributed by atoms with E-state index >= 15 is 0 Å². The van der Waals surface area contributed by atoms with E-state index < -0.39 is 10.0 Å². The molecule has 1 aromatic carbocycles. The zero-order valence-electron chi connectivity index (χ0n) is 15.1. The van der Waals surface area contributed by atoms with E-state index in [1.54, 1.807) is 18.4 Å². The van der Waals surface area contributed by atoms with Gasteiger partial charge in [0.15, 0.2) is 11.5 Å². The average molecular weight is 392 g/mol. The van der Waals surface area contributed by atoms with Crippen LogP contribution in [0.4, 0.5) is 0 Å². The Kier molecular flexibility index (Phi) is 5.38. The molecule has 146 valence electrons.